The fraction of sp³-hybridized carbons (Fsp3) is 0.588. The number of hydrogen-bond donors (Lipinski definition) is 2. The largest absolute Gasteiger partial charge is 0.497 e. The van der Waals surface area contributed by atoms with Crippen LogP contribution in [-0.4, -0.2) is 64.8 Å². The maximum atomic E-state index is 11.8. The zero-order valence-corrected chi connectivity index (χ0v) is 19.8. The Balaban J connectivity index is 0.00000364. The summed E-state index contributed by atoms with van der Waals surface area (Å²) in [6.45, 7) is 1.79. The number of sulfonamides is 1. The molecular formula is C17H28ClIN4O3S. The molecule has 1 aliphatic heterocycles. The molecule has 0 aromatic heterocycles. The Morgan fingerprint density at radius 2 is 2.15 bits per heavy atom. The topological polar surface area (TPSA) is 83.0 Å². The molecule has 2 N–H and O–H groups in total. The molecule has 10 heteroatoms. The van der Waals surface area contributed by atoms with E-state index in [1.54, 1.807) is 24.5 Å². The van der Waals surface area contributed by atoms with Crippen LogP contribution in [0.4, 0.5) is 0 Å². The summed E-state index contributed by atoms with van der Waals surface area (Å²) >= 11 is 6.25. The van der Waals surface area contributed by atoms with Crippen LogP contribution in [0.2, 0.25) is 5.02 Å². The average molecular weight is 531 g/mol. The van der Waals surface area contributed by atoms with Crippen molar-refractivity contribution in [2.45, 2.75) is 25.3 Å². The highest BCUT2D eigenvalue weighted by Gasteiger charge is 2.31. The van der Waals surface area contributed by atoms with Crippen molar-refractivity contribution >= 4 is 51.6 Å². The maximum absolute atomic E-state index is 11.8. The van der Waals surface area contributed by atoms with Gasteiger partial charge in [-0.05, 0) is 37.0 Å². The molecule has 1 atom stereocenters. The first-order valence-electron chi connectivity index (χ1n) is 8.59. The van der Waals surface area contributed by atoms with Gasteiger partial charge < -0.3 is 15.4 Å². The summed E-state index contributed by atoms with van der Waals surface area (Å²) in [5.41, 5.74) is 1.02. The van der Waals surface area contributed by atoms with E-state index >= 15 is 0 Å². The highest BCUT2D eigenvalue weighted by atomic mass is 127. The summed E-state index contributed by atoms with van der Waals surface area (Å²) in [4.78, 5) is 4.19. The lowest BCUT2D eigenvalue weighted by Gasteiger charge is -2.23. The lowest BCUT2D eigenvalue weighted by atomic mass is 10.1. The van der Waals surface area contributed by atoms with E-state index in [9.17, 15) is 8.42 Å². The third-order valence-corrected chi connectivity index (χ3v) is 6.11. The summed E-state index contributed by atoms with van der Waals surface area (Å²) < 4.78 is 30.3. The molecule has 0 amide bonds. The van der Waals surface area contributed by atoms with E-state index in [4.69, 9.17) is 16.3 Å². The van der Waals surface area contributed by atoms with Crippen molar-refractivity contribution in [3.8, 4) is 5.75 Å². The average Bonchev–Trinajstić information content (AvgIpc) is 3.08. The van der Waals surface area contributed by atoms with Crippen molar-refractivity contribution in [3.05, 3.63) is 28.8 Å². The van der Waals surface area contributed by atoms with Crippen LogP contribution in [0.3, 0.4) is 0 Å². The van der Waals surface area contributed by atoms with E-state index in [1.807, 2.05) is 12.1 Å². The summed E-state index contributed by atoms with van der Waals surface area (Å²) in [6.07, 6.45) is 3.75. The first kappa shape index (κ1) is 24.3. The third-order valence-electron chi connectivity index (χ3n) is 4.42. The van der Waals surface area contributed by atoms with Gasteiger partial charge in [-0.1, -0.05) is 17.7 Å². The van der Waals surface area contributed by atoms with Gasteiger partial charge in [0.05, 0.1) is 13.4 Å². The molecule has 0 aliphatic carbocycles. The minimum atomic E-state index is -3.16. The molecule has 1 saturated heterocycles. The Morgan fingerprint density at radius 1 is 1.41 bits per heavy atom. The van der Waals surface area contributed by atoms with Crippen molar-refractivity contribution < 1.29 is 13.2 Å². The molecular weight excluding hydrogens is 503 g/mol. The predicted molar refractivity (Wildman–Crippen MR) is 121 cm³/mol. The van der Waals surface area contributed by atoms with Crippen molar-refractivity contribution in [3.63, 3.8) is 0 Å². The van der Waals surface area contributed by atoms with Gasteiger partial charge in [0.1, 0.15) is 5.75 Å². The Labute approximate surface area is 184 Å². The minimum absolute atomic E-state index is 0. The quantitative estimate of drug-likeness (QED) is 0.321. The second-order valence-corrected chi connectivity index (χ2v) is 8.60. The fourth-order valence-corrected chi connectivity index (χ4v) is 4.51. The van der Waals surface area contributed by atoms with Crippen molar-refractivity contribution in [1.29, 1.82) is 0 Å². The monoisotopic (exact) mass is 530 g/mol. The number of nitrogens with zero attached hydrogens (tertiary/aromatic N) is 2. The number of ether oxygens (including phenoxy) is 1. The highest BCUT2D eigenvalue weighted by molar-refractivity contribution is 14.0. The number of nitrogens with one attached hydrogen (secondary N) is 2. The van der Waals surface area contributed by atoms with E-state index in [-0.39, 0.29) is 30.0 Å². The van der Waals surface area contributed by atoms with E-state index in [0.29, 0.717) is 30.6 Å². The number of rotatable bonds is 7. The van der Waals surface area contributed by atoms with Gasteiger partial charge in [0, 0.05) is 37.7 Å². The van der Waals surface area contributed by atoms with E-state index < -0.39 is 10.0 Å². The number of guanidine groups is 1. The SMILES string of the molecule is CN=C(NCCc1ccc(OC)cc1Cl)NC[C@H]1CCCN1S(C)(=O)=O.I. The fourth-order valence-electron chi connectivity index (χ4n) is 3.06. The summed E-state index contributed by atoms with van der Waals surface area (Å²) in [5.74, 6) is 1.38. The van der Waals surface area contributed by atoms with Crippen LogP contribution >= 0.6 is 35.6 Å². The summed E-state index contributed by atoms with van der Waals surface area (Å²) in [6, 6.07) is 5.60. The van der Waals surface area contributed by atoms with Crippen LogP contribution in [-0.2, 0) is 16.4 Å². The molecule has 0 radical (unpaired) electrons. The first-order chi connectivity index (χ1) is 12.3. The molecule has 0 spiro atoms. The Morgan fingerprint density at radius 3 is 2.74 bits per heavy atom. The second kappa shape index (κ2) is 11.3. The predicted octanol–water partition coefficient (Wildman–Crippen LogP) is 2.10. The van der Waals surface area contributed by atoms with Crippen LogP contribution in [0.1, 0.15) is 18.4 Å². The first-order valence-corrected chi connectivity index (χ1v) is 10.8. The number of methoxy groups -OCH3 is 1. The number of benzene rings is 1. The molecule has 0 bridgehead atoms. The zero-order chi connectivity index (χ0) is 19.2. The molecule has 1 heterocycles. The van der Waals surface area contributed by atoms with Gasteiger partial charge in [-0.2, -0.15) is 4.31 Å². The molecule has 0 saturated carbocycles. The van der Waals surface area contributed by atoms with E-state index in [1.165, 1.54) is 6.26 Å². The Kier molecular flexibility index (Phi) is 10.1. The summed E-state index contributed by atoms with van der Waals surface area (Å²) in [5, 5.41) is 7.11. The molecule has 1 aromatic carbocycles. The van der Waals surface area contributed by atoms with Gasteiger partial charge in [-0.15, -0.1) is 24.0 Å². The highest BCUT2D eigenvalue weighted by Crippen LogP contribution is 2.22. The lowest BCUT2D eigenvalue weighted by molar-refractivity contribution is 0.387. The third kappa shape index (κ3) is 7.28. The van der Waals surface area contributed by atoms with Crippen molar-refractivity contribution in [1.82, 2.24) is 14.9 Å². The molecule has 0 unspecified atom stereocenters. The van der Waals surface area contributed by atoms with Gasteiger partial charge in [0.15, 0.2) is 5.96 Å². The molecule has 27 heavy (non-hydrogen) atoms. The Hall–Kier alpha value is -0.780. The molecule has 154 valence electrons. The number of aliphatic imine (C=N–C) groups is 1. The summed E-state index contributed by atoms with van der Waals surface area (Å²) in [7, 11) is 0.140. The lowest BCUT2D eigenvalue weighted by Crippen LogP contribution is -2.46. The van der Waals surface area contributed by atoms with Crippen LogP contribution in [0.25, 0.3) is 0 Å². The van der Waals surface area contributed by atoms with Crippen LogP contribution in [0.5, 0.6) is 5.75 Å². The van der Waals surface area contributed by atoms with Gasteiger partial charge in [0.2, 0.25) is 10.0 Å². The van der Waals surface area contributed by atoms with Gasteiger partial charge in [-0.3, -0.25) is 4.99 Å². The standard InChI is InChI=1S/C17H27ClN4O3S.HI/c1-19-17(21-12-14-5-4-10-22(14)26(3,23)24)20-9-8-13-6-7-15(25-2)11-16(13)18;/h6-7,11,14H,4-5,8-10,12H2,1-3H3,(H2,19,20,21);1H/t14-;/m1./s1. The Bertz CT molecular complexity index is 746. The zero-order valence-electron chi connectivity index (χ0n) is 15.9. The number of hydrogen-bond acceptors (Lipinski definition) is 4. The van der Waals surface area contributed by atoms with Crippen molar-refractivity contribution in [2.24, 2.45) is 4.99 Å². The van der Waals surface area contributed by atoms with Crippen molar-refractivity contribution in [2.75, 3.05) is 40.0 Å². The number of halogens is 2. The van der Waals surface area contributed by atoms with Crippen LogP contribution in [0.15, 0.2) is 23.2 Å². The minimum Gasteiger partial charge on any atom is -0.497 e. The van der Waals surface area contributed by atoms with Gasteiger partial charge in [0.25, 0.3) is 0 Å². The van der Waals surface area contributed by atoms with E-state index in [2.05, 4.69) is 15.6 Å². The molecule has 1 fully saturated rings. The van der Waals surface area contributed by atoms with Crippen LogP contribution in [0, 0.1) is 0 Å². The normalized spacial score (nSPS) is 18.1. The molecule has 2 rings (SSSR count). The molecule has 1 aromatic rings. The maximum Gasteiger partial charge on any atom is 0.211 e. The second-order valence-electron chi connectivity index (χ2n) is 6.26. The molecule has 7 nitrogen and oxygen atoms in total. The van der Waals surface area contributed by atoms with Crippen LogP contribution < -0.4 is 15.4 Å². The molecule has 1 aliphatic rings. The van der Waals surface area contributed by atoms with Gasteiger partial charge >= 0.3 is 0 Å². The van der Waals surface area contributed by atoms with Gasteiger partial charge in [-0.25, -0.2) is 8.42 Å². The van der Waals surface area contributed by atoms with E-state index in [0.717, 1.165) is 30.6 Å². The smallest absolute Gasteiger partial charge is 0.211 e.